The number of carbonyl (C=O) groups excluding carboxylic acids is 3. The van der Waals surface area contributed by atoms with Crippen LogP contribution in [-0.2, 0) is 19.9 Å². The lowest BCUT2D eigenvalue weighted by atomic mass is 9.76. The Bertz CT molecular complexity index is 1350. The summed E-state index contributed by atoms with van der Waals surface area (Å²) in [6, 6.07) is 26.1. The number of fused-ring (bicyclic) bond motifs is 4. The summed E-state index contributed by atoms with van der Waals surface area (Å²) in [5, 5.41) is 3.42. The van der Waals surface area contributed by atoms with E-state index in [-0.39, 0.29) is 23.8 Å². The van der Waals surface area contributed by atoms with E-state index >= 15 is 0 Å². The zero-order valence-electron chi connectivity index (χ0n) is 19.3. The lowest BCUT2D eigenvalue weighted by molar-refractivity contribution is -0.132. The molecule has 0 unspecified atom stereocenters. The summed E-state index contributed by atoms with van der Waals surface area (Å²) in [5.74, 6) is -2.18. The molecule has 0 aromatic heterocycles. The fraction of sp³-hybridized carbons (Fsp3) is 0.207. The van der Waals surface area contributed by atoms with Gasteiger partial charge < -0.3 is 4.90 Å². The molecule has 1 spiro atoms. The molecule has 35 heavy (non-hydrogen) atoms. The van der Waals surface area contributed by atoms with Crippen LogP contribution >= 0.6 is 0 Å². The molecule has 3 aromatic carbocycles. The van der Waals surface area contributed by atoms with Crippen molar-refractivity contribution in [3.8, 4) is 0 Å². The molecule has 174 valence electrons. The number of rotatable bonds is 4. The molecule has 0 aliphatic carbocycles. The van der Waals surface area contributed by atoms with Gasteiger partial charge in [0, 0.05) is 23.8 Å². The van der Waals surface area contributed by atoms with Gasteiger partial charge in [0.2, 0.25) is 11.8 Å². The van der Waals surface area contributed by atoms with Crippen LogP contribution in [0.1, 0.15) is 18.1 Å². The summed E-state index contributed by atoms with van der Waals surface area (Å²) in [6.45, 7) is 2.25. The van der Waals surface area contributed by atoms with E-state index in [4.69, 9.17) is 0 Å². The third kappa shape index (κ3) is 3.03. The van der Waals surface area contributed by atoms with Crippen molar-refractivity contribution in [2.45, 2.75) is 18.5 Å². The lowest BCUT2D eigenvalue weighted by Crippen LogP contribution is -2.55. The maximum atomic E-state index is 14.2. The number of hydrogen-bond donors (Lipinski definition) is 1. The van der Waals surface area contributed by atoms with Gasteiger partial charge in [-0.15, -0.1) is 0 Å². The van der Waals surface area contributed by atoms with Gasteiger partial charge in [-0.3, -0.25) is 19.7 Å². The first-order valence-corrected chi connectivity index (χ1v) is 11.9. The van der Waals surface area contributed by atoms with E-state index in [0.717, 1.165) is 16.8 Å². The Morgan fingerprint density at radius 3 is 2.26 bits per heavy atom. The van der Waals surface area contributed by atoms with Gasteiger partial charge in [0.05, 0.1) is 17.5 Å². The van der Waals surface area contributed by atoms with Crippen molar-refractivity contribution in [3.63, 3.8) is 0 Å². The minimum absolute atomic E-state index is 0.188. The Balaban J connectivity index is 1.40. The van der Waals surface area contributed by atoms with Gasteiger partial charge in [-0.25, -0.2) is 4.90 Å². The molecule has 3 aliphatic heterocycles. The molecule has 3 aromatic rings. The molecule has 0 bridgehead atoms. The smallest absolute Gasteiger partial charge is 0.253 e. The van der Waals surface area contributed by atoms with E-state index in [1.165, 1.54) is 4.90 Å². The van der Waals surface area contributed by atoms with E-state index in [2.05, 4.69) is 5.32 Å². The number of amides is 3. The molecule has 4 atom stereocenters. The van der Waals surface area contributed by atoms with Crippen molar-refractivity contribution in [1.82, 2.24) is 5.32 Å². The Hall–Kier alpha value is -4.03. The molecule has 3 aliphatic rings. The minimum atomic E-state index is -1.27. The fourth-order valence-corrected chi connectivity index (χ4v) is 5.98. The molecule has 3 amide bonds. The average Bonchev–Trinajstić information content (AvgIpc) is 3.43. The average molecular weight is 464 g/mol. The highest BCUT2D eigenvalue weighted by Crippen LogP contribution is 2.54. The van der Waals surface area contributed by atoms with Crippen LogP contribution in [0.3, 0.4) is 0 Å². The molecule has 0 saturated carbocycles. The normalized spacial score (nSPS) is 27.3. The zero-order chi connectivity index (χ0) is 24.2. The predicted octanol–water partition coefficient (Wildman–Crippen LogP) is 3.74. The van der Waals surface area contributed by atoms with E-state index in [1.54, 1.807) is 29.2 Å². The molecule has 2 saturated heterocycles. The first-order chi connectivity index (χ1) is 17.0. The quantitative estimate of drug-likeness (QED) is 0.599. The molecular formula is C29H25N3O3. The van der Waals surface area contributed by atoms with Crippen LogP contribution in [0.2, 0.25) is 0 Å². The highest BCUT2D eigenvalue weighted by atomic mass is 16.2. The number of hydrogen-bond acceptors (Lipinski definition) is 4. The summed E-state index contributed by atoms with van der Waals surface area (Å²) in [5.41, 5.74) is 1.85. The van der Waals surface area contributed by atoms with E-state index in [9.17, 15) is 14.4 Å². The van der Waals surface area contributed by atoms with Gasteiger partial charge in [-0.1, -0.05) is 78.9 Å². The van der Waals surface area contributed by atoms with Gasteiger partial charge in [-0.2, -0.15) is 0 Å². The predicted molar refractivity (Wildman–Crippen MR) is 134 cm³/mol. The van der Waals surface area contributed by atoms with Crippen LogP contribution < -0.4 is 15.1 Å². The Morgan fingerprint density at radius 1 is 0.857 bits per heavy atom. The van der Waals surface area contributed by atoms with E-state index < -0.39 is 17.4 Å². The monoisotopic (exact) mass is 463 g/mol. The number of benzene rings is 3. The van der Waals surface area contributed by atoms with Crippen molar-refractivity contribution < 1.29 is 14.4 Å². The van der Waals surface area contributed by atoms with Crippen molar-refractivity contribution in [1.29, 1.82) is 0 Å². The zero-order valence-corrected chi connectivity index (χ0v) is 19.3. The van der Waals surface area contributed by atoms with Gasteiger partial charge >= 0.3 is 0 Å². The molecule has 2 fully saturated rings. The highest BCUT2D eigenvalue weighted by molar-refractivity contribution is 6.26. The van der Waals surface area contributed by atoms with Crippen LogP contribution in [0, 0.1) is 11.8 Å². The fourth-order valence-electron chi connectivity index (χ4n) is 5.98. The third-order valence-electron chi connectivity index (χ3n) is 7.43. The maximum absolute atomic E-state index is 14.2. The molecule has 6 heteroatoms. The number of carbonyl (C=O) groups is 3. The molecule has 6 rings (SSSR count). The van der Waals surface area contributed by atoms with Crippen molar-refractivity contribution in [2.75, 3.05) is 16.3 Å². The second-order valence-electron chi connectivity index (χ2n) is 9.34. The standard InChI is InChI=1S/C29H25N3O3/c1-19-24-25(27(34)32(26(24)33)21-14-6-3-7-15-21)29(30-19)22-16-8-9-17-23(22)31(28(29)35)18-10-13-20-11-4-2-5-12-20/h2-17,19,24-25,30H,18H2,1H3/b13-10-/t19-,24-,25+,29+/m1/s1. The van der Waals surface area contributed by atoms with Gasteiger partial charge in [0.25, 0.3) is 5.91 Å². The molecular weight excluding hydrogens is 438 g/mol. The summed E-state index contributed by atoms with van der Waals surface area (Å²) in [6.07, 6.45) is 3.94. The molecule has 3 heterocycles. The van der Waals surface area contributed by atoms with Crippen LogP contribution in [0.15, 0.2) is 91.0 Å². The molecule has 6 nitrogen and oxygen atoms in total. The van der Waals surface area contributed by atoms with Crippen LogP contribution in [0.4, 0.5) is 11.4 Å². The Kier molecular flexibility index (Phi) is 4.93. The first kappa shape index (κ1) is 21.5. The first-order valence-electron chi connectivity index (χ1n) is 11.9. The second-order valence-corrected chi connectivity index (χ2v) is 9.34. The highest BCUT2D eigenvalue weighted by Gasteiger charge is 2.70. The van der Waals surface area contributed by atoms with Crippen molar-refractivity contribution >= 4 is 35.2 Å². The topological polar surface area (TPSA) is 69.7 Å². The second kappa shape index (κ2) is 8.03. The Morgan fingerprint density at radius 2 is 1.51 bits per heavy atom. The minimum Gasteiger partial charge on any atom is -0.306 e. The number of para-hydroxylation sites is 2. The summed E-state index contributed by atoms with van der Waals surface area (Å²) < 4.78 is 0. The largest absolute Gasteiger partial charge is 0.306 e. The SMILES string of the molecule is C[C@H]1N[C@]2(C(=O)N(C/C=C\c3ccccc3)c3ccccc32)[C@@H]2C(=O)N(c3ccccc3)C(=O)[C@@H]21. The molecule has 1 N–H and O–H groups in total. The Labute approximate surface area is 203 Å². The summed E-state index contributed by atoms with van der Waals surface area (Å²) in [7, 11) is 0. The molecule has 0 radical (unpaired) electrons. The van der Waals surface area contributed by atoms with Gasteiger partial charge in [0.15, 0.2) is 0 Å². The van der Waals surface area contributed by atoms with Crippen LogP contribution in [0.5, 0.6) is 0 Å². The summed E-state index contributed by atoms with van der Waals surface area (Å²) in [4.78, 5) is 44.5. The van der Waals surface area contributed by atoms with Gasteiger partial charge in [-0.05, 0) is 30.7 Å². The number of nitrogens with one attached hydrogen (secondary N) is 1. The lowest BCUT2D eigenvalue weighted by Gasteiger charge is -2.30. The number of imide groups is 1. The van der Waals surface area contributed by atoms with Crippen molar-refractivity contribution in [3.05, 3.63) is 102 Å². The maximum Gasteiger partial charge on any atom is 0.253 e. The van der Waals surface area contributed by atoms with Crippen LogP contribution in [0.25, 0.3) is 6.08 Å². The van der Waals surface area contributed by atoms with E-state index in [0.29, 0.717) is 12.2 Å². The van der Waals surface area contributed by atoms with Crippen LogP contribution in [-0.4, -0.2) is 30.3 Å². The number of nitrogens with zero attached hydrogens (tertiary/aromatic N) is 2. The third-order valence-corrected chi connectivity index (χ3v) is 7.43. The van der Waals surface area contributed by atoms with Crippen molar-refractivity contribution in [2.24, 2.45) is 11.8 Å². The number of anilines is 2. The summed E-state index contributed by atoms with van der Waals surface area (Å²) >= 11 is 0. The van der Waals surface area contributed by atoms with E-state index in [1.807, 2.05) is 79.7 Å². The van der Waals surface area contributed by atoms with Gasteiger partial charge in [0.1, 0.15) is 5.54 Å².